The van der Waals surface area contributed by atoms with Gasteiger partial charge in [0, 0.05) is 26.2 Å². The van der Waals surface area contributed by atoms with E-state index in [1.165, 1.54) is 20.2 Å². The first-order valence-corrected chi connectivity index (χ1v) is 7.90. The lowest BCUT2D eigenvalue weighted by Gasteiger charge is -2.07. The second kappa shape index (κ2) is 6.00. The van der Waals surface area contributed by atoms with E-state index in [0.717, 1.165) is 21.3 Å². The molecule has 1 N–H and O–H groups in total. The molecule has 0 atom stereocenters. The summed E-state index contributed by atoms with van der Waals surface area (Å²) >= 11 is 0. The first kappa shape index (κ1) is 15.7. The van der Waals surface area contributed by atoms with Crippen LogP contribution in [0.1, 0.15) is 22.8 Å². The molecule has 116 valence electrons. The minimum atomic E-state index is -3.52. The van der Waals surface area contributed by atoms with Crippen LogP contribution >= 0.6 is 0 Å². The third kappa shape index (κ3) is 3.34. The van der Waals surface area contributed by atoms with Gasteiger partial charge in [0.1, 0.15) is 11.5 Å². The Hall–Kier alpha value is -1.64. The van der Waals surface area contributed by atoms with Crippen molar-refractivity contribution < 1.29 is 17.4 Å². The molecule has 0 aliphatic heterocycles. The number of rotatable bonds is 6. The largest absolute Gasteiger partial charge is 0.447 e. The van der Waals surface area contributed by atoms with Gasteiger partial charge in [0.25, 0.3) is 10.0 Å². The molecule has 0 aliphatic rings. The van der Waals surface area contributed by atoms with Crippen molar-refractivity contribution in [2.24, 2.45) is 0 Å². The molecule has 8 heteroatoms. The Bertz CT molecular complexity index is 696. The molecule has 0 bridgehead atoms. The Kier molecular flexibility index (Phi) is 4.50. The van der Waals surface area contributed by atoms with Crippen molar-refractivity contribution in [2.45, 2.75) is 32.0 Å². The molecule has 2 rings (SSSR count). The van der Waals surface area contributed by atoms with Gasteiger partial charge in [0.2, 0.25) is 5.09 Å². The average molecular weight is 313 g/mol. The number of nitrogens with zero attached hydrogens (tertiary/aromatic N) is 2. The molecule has 2 aromatic rings. The molecule has 0 unspecified atom stereocenters. The Balaban J connectivity index is 1.98. The molecule has 0 aromatic carbocycles. The Morgan fingerprint density at radius 2 is 1.95 bits per heavy atom. The number of aromatic nitrogens is 1. The lowest BCUT2D eigenvalue weighted by atomic mass is 10.2. The lowest BCUT2D eigenvalue weighted by Crippen LogP contribution is -2.21. The number of sulfonamides is 1. The number of nitrogens with one attached hydrogen (secondary N) is 1. The molecule has 0 saturated carbocycles. The summed E-state index contributed by atoms with van der Waals surface area (Å²) in [5.74, 6) is 1.33. The minimum absolute atomic E-state index is 0.0540. The molecule has 21 heavy (non-hydrogen) atoms. The summed E-state index contributed by atoms with van der Waals surface area (Å²) in [4.78, 5) is 0. The molecule has 7 nitrogen and oxygen atoms in total. The van der Waals surface area contributed by atoms with Crippen molar-refractivity contribution in [3.05, 3.63) is 34.9 Å². The predicted octanol–water partition coefficient (Wildman–Crippen LogP) is 1.42. The standard InChI is InChI=1S/C13H19N3O4S/c1-9-12(10(2)20-15-9)8-14-7-11-5-6-13(19-11)21(17,18)16(3)4/h5-6,14H,7-8H2,1-4H3. The fourth-order valence-corrected chi connectivity index (χ4v) is 2.65. The van der Waals surface area contributed by atoms with E-state index in [-0.39, 0.29) is 5.09 Å². The van der Waals surface area contributed by atoms with Crippen LogP contribution in [0.3, 0.4) is 0 Å². The van der Waals surface area contributed by atoms with Crippen LogP contribution in [0.4, 0.5) is 0 Å². The lowest BCUT2D eigenvalue weighted by molar-refractivity contribution is 0.386. The average Bonchev–Trinajstić information content (AvgIpc) is 3.00. The summed E-state index contributed by atoms with van der Waals surface area (Å²) < 4.78 is 35.3. The normalized spacial score (nSPS) is 12.2. The van der Waals surface area contributed by atoms with E-state index in [0.29, 0.717) is 18.8 Å². The molecular formula is C13H19N3O4S. The predicted molar refractivity (Wildman–Crippen MR) is 76.1 cm³/mol. The van der Waals surface area contributed by atoms with Gasteiger partial charge < -0.3 is 14.3 Å². The number of hydrogen-bond donors (Lipinski definition) is 1. The van der Waals surface area contributed by atoms with Gasteiger partial charge in [0.15, 0.2) is 0 Å². The smallest absolute Gasteiger partial charge is 0.275 e. The van der Waals surface area contributed by atoms with E-state index in [1.807, 2.05) is 13.8 Å². The number of aryl methyl sites for hydroxylation is 2. The highest BCUT2D eigenvalue weighted by molar-refractivity contribution is 7.88. The highest BCUT2D eigenvalue weighted by Gasteiger charge is 2.21. The molecule has 2 heterocycles. The Morgan fingerprint density at radius 3 is 2.52 bits per heavy atom. The van der Waals surface area contributed by atoms with Crippen molar-refractivity contribution in [2.75, 3.05) is 14.1 Å². The maximum Gasteiger partial charge on any atom is 0.275 e. The van der Waals surface area contributed by atoms with Gasteiger partial charge in [0.05, 0.1) is 12.2 Å². The van der Waals surface area contributed by atoms with E-state index in [1.54, 1.807) is 6.07 Å². The van der Waals surface area contributed by atoms with Gasteiger partial charge in [-0.1, -0.05) is 5.16 Å². The van der Waals surface area contributed by atoms with E-state index in [9.17, 15) is 8.42 Å². The first-order chi connectivity index (χ1) is 9.82. The molecule has 0 aliphatic carbocycles. The molecule has 0 fully saturated rings. The SMILES string of the molecule is Cc1noc(C)c1CNCc1ccc(S(=O)(=O)N(C)C)o1. The monoisotopic (exact) mass is 313 g/mol. The van der Waals surface area contributed by atoms with Crippen molar-refractivity contribution in [3.8, 4) is 0 Å². The van der Waals surface area contributed by atoms with Crippen molar-refractivity contribution in [3.63, 3.8) is 0 Å². The molecule has 0 radical (unpaired) electrons. The summed E-state index contributed by atoms with van der Waals surface area (Å²) in [6.07, 6.45) is 0. The van der Waals surface area contributed by atoms with E-state index >= 15 is 0 Å². The highest BCUT2D eigenvalue weighted by Crippen LogP contribution is 2.17. The molecule has 0 spiro atoms. The summed E-state index contributed by atoms with van der Waals surface area (Å²) in [5, 5.41) is 7.00. The maximum atomic E-state index is 11.9. The maximum absolute atomic E-state index is 11.9. The van der Waals surface area contributed by atoms with Gasteiger partial charge in [-0.05, 0) is 26.0 Å². The van der Waals surface area contributed by atoms with Gasteiger partial charge >= 0.3 is 0 Å². The zero-order valence-electron chi connectivity index (χ0n) is 12.5. The van der Waals surface area contributed by atoms with Crippen LogP contribution in [0.2, 0.25) is 0 Å². The summed E-state index contributed by atoms with van der Waals surface area (Å²) in [5.41, 5.74) is 1.85. The van der Waals surface area contributed by atoms with E-state index in [4.69, 9.17) is 8.94 Å². The molecular weight excluding hydrogens is 294 g/mol. The fourth-order valence-electron chi connectivity index (χ4n) is 1.84. The second-order valence-electron chi connectivity index (χ2n) is 4.91. The quantitative estimate of drug-likeness (QED) is 0.868. The Labute approximate surface area is 124 Å². The second-order valence-corrected chi connectivity index (χ2v) is 7.00. The van der Waals surface area contributed by atoms with Crippen LogP contribution in [0.15, 0.2) is 26.2 Å². The molecule has 0 amide bonds. The topological polar surface area (TPSA) is 88.6 Å². The van der Waals surface area contributed by atoms with Crippen LogP contribution in [0.25, 0.3) is 0 Å². The third-order valence-corrected chi connectivity index (χ3v) is 4.84. The van der Waals surface area contributed by atoms with Crippen LogP contribution in [0.5, 0.6) is 0 Å². The Morgan fingerprint density at radius 1 is 1.24 bits per heavy atom. The minimum Gasteiger partial charge on any atom is -0.447 e. The van der Waals surface area contributed by atoms with Crippen LogP contribution in [-0.4, -0.2) is 32.0 Å². The van der Waals surface area contributed by atoms with E-state index in [2.05, 4.69) is 10.5 Å². The van der Waals surface area contributed by atoms with Crippen molar-refractivity contribution in [1.82, 2.24) is 14.8 Å². The third-order valence-electron chi connectivity index (χ3n) is 3.15. The van der Waals surface area contributed by atoms with Crippen LogP contribution in [-0.2, 0) is 23.1 Å². The van der Waals surface area contributed by atoms with Gasteiger partial charge in [-0.3, -0.25) is 0 Å². The van der Waals surface area contributed by atoms with Crippen molar-refractivity contribution in [1.29, 1.82) is 0 Å². The number of hydrogen-bond acceptors (Lipinski definition) is 6. The summed E-state index contributed by atoms with van der Waals surface area (Å²) in [6.45, 7) is 4.73. The van der Waals surface area contributed by atoms with Gasteiger partial charge in [-0.25, -0.2) is 12.7 Å². The zero-order valence-corrected chi connectivity index (χ0v) is 13.3. The van der Waals surface area contributed by atoms with Gasteiger partial charge in [-0.2, -0.15) is 0 Å². The van der Waals surface area contributed by atoms with Crippen LogP contribution in [0, 0.1) is 13.8 Å². The molecule has 0 saturated heterocycles. The van der Waals surface area contributed by atoms with Gasteiger partial charge in [-0.15, -0.1) is 0 Å². The summed E-state index contributed by atoms with van der Waals surface area (Å²) in [6, 6.07) is 3.11. The molecule has 2 aromatic heterocycles. The summed E-state index contributed by atoms with van der Waals surface area (Å²) in [7, 11) is -0.593. The van der Waals surface area contributed by atoms with Crippen LogP contribution < -0.4 is 5.32 Å². The number of furan rings is 1. The first-order valence-electron chi connectivity index (χ1n) is 6.46. The van der Waals surface area contributed by atoms with Crippen molar-refractivity contribution >= 4 is 10.0 Å². The highest BCUT2D eigenvalue weighted by atomic mass is 32.2. The fraction of sp³-hybridized carbons (Fsp3) is 0.462. The van der Waals surface area contributed by atoms with E-state index < -0.39 is 10.0 Å². The zero-order chi connectivity index (χ0) is 15.6.